The molecule has 3 N–H and O–H groups in total. The number of carbonyl (C=O) groups is 2. The number of fused-ring (bicyclic) bond motifs is 5. The Morgan fingerprint density at radius 3 is 2.42 bits per heavy atom. The highest BCUT2D eigenvalue weighted by Crippen LogP contribution is 2.47. The number of likely N-dealkylation sites (N-methyl/N-ethyl adjacent to an activating group) is 2. The summed E-state index contributed by atoms with van der Waals surface area (Å²) in [6.07, 6.45) is 6.10. The third-order valence-electron chi connectivity index (χ3n) is 8.64. The fourth-order valence-corrected chi connectivity index (χ4v) is 6.61. The van der Waals surface area contributed by atoms with Gasteiger partial charge in [-0.15, -0.1) is 0 Å². The zero-order valence-corrected chi connectivity index (χ0v) is 26.6. The lowest BCUT2D eigenvalue weighted by molar-refractivity contribution is -0.126. The van der Waals surface area contributed by atoms with Crippen LogP contribution in [-0.4, -0.2) is 86.9 Å². The molecule has 13 heteroatoms. The van der Waals surface area contributed by atoms with Crippen molar-refractivity contribution in [1.29, 1.82) is 0 Å². The Bertz CT molecular complexity index is 1730. The molecular formula is C32H40N4O8S. The number of carbonyl (C=O) groups excluding carboxylic acids is 1. The Hall–Kier alpha value is -3.91. The first-order valence-corrected chi connectivity index (χ1v) is 16.5. The van der Waals surface area contributed by atoms with Crippen LogP contribution in [0.4, 0.5) is 4.79 Å². The van der Waals surface area contributed by atoms with Crippen LogP contribution in [0.1, 0.15) is 49.1 Å². The molecule has 2 aliphatic rings. The molecule has 3 aromatic rings. The molecule has 1 fully saturated rings. The predicted octanol–water partition coefficient (Wildman–Crippen LogP) is 4.43. The molecule has 0 saturated heterocycles. The van der Waals surface area contributed by atoms with E-state index in [4.69, 9.17) is 19.3 Å². The van der Waals surface area contributed by atoms with E-state index in [2.05, 4.69) is 4.57 Å². The average Bonchev–Trinajstić information content (AvgIpc) is 3.21. The number of hydrogen-bond donors (Lipinski definition) is 2. The minimum absolute atomic E-state index is 0.0979. The van der Waals surface area contributed by atoms with E-state index in [1.165, 1.54) is 19.0 Å². The number of nitrogens with two attached hydrogens (primary N) is 1. The lowest BCUT2D eigenvalue weighted by Crippen LogP contribution is -2.36. The third kappa shape index (κ3) is 7.17. The van der Waals surface area contributed by atoms with Gasteiger partial charge in [0, 0.05) is 49.8 Å². The smallest absolute Gasteiger partial charge is 0.497 e. The van der Waals surface area contributed by atoms with Crippen LogP contribution >= 0.6 is 0 Å². The molecule has 1 amide bonds. The van der Waals surface area contributed by atoms with Gasteiger partial charge in [0.05, 0.1) is 38.1 Å². The molecule has 2 aromatic carbocycles. The molecule has 1 aliphatic carbocycles. The molecule has 1 saturated carbocycles. The highest BCUT2D eigenvalue weighted by molar-refractivity contribution is 7.86. The molecule has 0 unspecified atom stereocenters. The topological polar surface area (TPSA) is 154 Å². The lowest BCUT2D eigenvalue weighted by Gasteiger charge is -2.24. The molecule has 1 aromatic heterocycles. The third-order valence-corrected chi connectivity index (χ3v) is 9.69. The second-order valence-corrected chi connectivity index (χ2v) is 13.2. The number of hydrogen-bond acceptors (Lipinski definition) is 7. The Kier molecular flexibility index (Phi) is 9.82. The van der Waals surface area contributed by atoms with Crippen molar-refractivity contribution in [2.45, 2.75) is 44.6 Å². The van der Waals surface area contributed by atoms with Crippen molar-refractivity contribution in [3.8, 4) is 22.8 Å². The van der Waals surface area contributed by atoms with E-state index in [-0.39, 0.29) is 44.5 Å². The maximum absolute atomic E-state index is 13.9. The summed E-state index contributed by atoms with van der Waals surface area (Å²) in [5.74, 6) is 1.01. The summed E-state index contributed by atoms with van der Waals surface area (Å²) < 4.78 is 42.1. The summed E-state index contributed by atoms with van der Waals surface area (Å²) >= 11 is 0. The van der Waals surface area contributed by atoms with Crippen LogP contribution in [0.5, 0.6) is 11.5 Å². The van der Waals surface area contributed by atoms with Gasteiger partial charge >= 0.3 is 6.16 Å². The second-order valence-electron chi connectivity index (χ2n) is 11.6. The van der Waals surface area contributed by atoms with Crippen molar-refractivity contribution < 1.29 is 37.3 Å². The van der Waals surface area contributed by atoms with E-state index < -0.39 is 16.4 Å². The first kappa shape index (κ1) is 32.5. The number of carboxylic acid groups (broad SMARTS) is 1. The fraction of sp³-hybridized carbons (Fsp3) is 0.438. The number of methoxy groups -OCH3 is 1. The SMILES string of the molecule is COc1ccc2c(c1)C=C(C(=O)N(C)CCOCCN(C)S(N)(=O)=O)Cn1c-2c(C2CCCCC2)c2ccc(OC(=O)O)cc21. The Balaban J connectivity index is 1.52. The summed E-state index contributed by atoms with van der Waals surface area (Å²) in [5.41, 5.74) is 5.40. The van der Waals surface area contributed by atoms with Gasteiger partial charge in [-0.25, -0.2) is 9.93 Å². The van der Waals surface area contributed by atoms with Gasteiger partial charge in [0.2, 0.25) is 0 Å². The monoisotopic (exact) mass is 640 g/mol. The van der Waals surface area contributed by atoms with Crippen LogP contribution in [0, 0.1) is 0 Å². The Labute approximate surface area is 263 Å². The van der Waals surface area contributed by atoms with E-state index >= 15 is 0 Å². The molecule has 5 rings (SSSR count). The molecule has 12 nitrogen and oxygen atoms in total. The lowest BCUT2D eigenvalue weighted by atomic mass is 9.81. The van der Waals surface area contributed by atoms with Gasteiger partial charge in [-0.2, -0.15) is 12.7 Å². The highest BCUT2D eigenvalue weighted by atomic mass is 32.2. The summed E-state index contributed by atoms with van der Waals surface area (Å²) in [6.45, 7) is 0.978. The largest absolute Gasteiger partial charge is 0.511 e. The van der Waals surface area contributed by atoms with Crippen LogP contribution < -0.4 is 14.6 Å². The van der Waals surface area contributed by atoms with E-state index in [1.54, 1.807) is 31.2 Å². The van der Waals surface area contributed by atoms with Crippen molar-refractivity contribution in [2.75, 3.05) is 47.5 Å². The Morgan fingerprint density at radius 1 is 1.02 bits per heavy atom. The van der Waals surface area contributed by atoms with Gasteiger partial charge < -0.3 is 28.8 Å². The first-order valence-electron chi connectivity index (χ1n) is 15.0. The minimum Gasteiger partial charge on any atom is -0.497 e. The van der Waals surface area contributed by atoms with Crippen molar-refractivity contribution in [1.82, 2.24) is 13.8 Å². The van der Waals surface area contributed by atoms with Crippen LogP contribution in [0.3, 0.4) is 0 Å². The van der Waals surface area contributed by atoms with E-state index in [0.717, 1.165) is 57.7 Å². The highest BCUT2D eigenvalue weighted by Gasteiger charge is 2.31. The molecule has 1 aliphatic heterocycles. The number of rotatable bonds is 11. The zero-order valence-electron chi connectivity index (χ0n) is 25.8. The van der Waals surface area contributed by atoms with Crippen LogP contribution in [-0.2, 0) is 26.3 Å². The molecular weight excluding hydrogens is 600 g/mol. The zero-order chi connectivity index (χ0) is 32.3. The number of benzene rings is 2. The number of aromatic nitrogens is 1. The summed E-state index contributed by atoms with van der Waals surface area (Å²) in [5, 5.41) is 15.4. The minimum atomic E-state index is -3.79. The van der Waals surface area contributed by atoms with Gasteiger partial charge in [0.1, 0.15) is 11.5 Å². The van der Waals surface area contributed by atoms with Gasteiger partial charge in [0.25, 0.3) is 16.1 Å². The van der Waals surface area contributed by atoms with E-state index in [0.29, 0.717) is 17.2 Å². The summed E-state index contributed by atoms with van der Waals surface area (Å²) in [6, 6.07) is 11.2. The van der Waals surface area contributed by atoms with Gasteiger partial charge in [-0.1, -0.05) is 19.3 Å². The fourth-order valence-electron chi connectivity index (χ4n) is 6.29. The van der Waals surface area contributed by atoms with Crippen molar-refractivity contribution in [3.05, 3.63) is 53.1 Å². The molecule has 0 radical (unpaired) electrons. The van der Waals surface area contributed by atoms with Crippen molar-refractivity contribution >= 4 is 39.3 Å². The average molecular weight is 641 g/mol. The maximum Gasteiger partial charge on any atom is 0.511 e. The summed E-state index contributed by atoms with van der Waals surface area (Å²) in [4.78, 5) is 26.9. The Morgan fingerprint density at radius 2 is 1.73 bits per heavy atom. The van der Waals surface area contributed by atoms with E-state index in [9.17, 15) is 23.1 Å². The van der Waals surface area contributed by atoms with Crippen molar-refractivity contribution in [3.63, 3.8) is 0 Å². The quantitative estimate of drug-likeness (QED) is 0.177. The predicted molar refractivity (Wildman–Crippen MR) is 171 cm³/mol. The molecule has 0 atom stereocenters. The number of amides is 1. The maximum atomic E-state index is 13.9. The van der Waals surface area contributed by atoms with Crippen molar-refractivity contribution in [2.24, 2.45) is 5.14 Å². The number of ether oxygens (including phenoxy) is 3. The van der Waals surface area contributed by atoms with Gasteiger partial charge in [0.15, 0.2) is 0 Å². The molecule has 45 heavy (non-hydrogen) atoms. The standard InChI is InChI=1S/C32H40N4O8S/c1-34(13-15-43-16-14-35(2)45(33,40)41)31(37)23-17-22-18-24(42-3)9-11-26(22)30-29(21-7-5-4-6-8-21)27-12-10-25(44-32(38)39)19-28(27)36(30)20-23/h9-12,17-19,21H,4-8,13-16,20H2,1-3H3,(H,38,39)(H2,33,40,41). The van der Waals surface area contributed by atoms with Gasteiger partial charge in [-0.3, -0.25) is 4.79 Å². The molecule has 242 valence electrons. The van der Waals surface area contributed by atoms with Crippen LogP contribution in [0.25, 0.3) is 28.2 Å². The number of nitrogens with zero attached hydrogens (tertiary/aromatic N) is 3. The van der Waals surface area contributed by atoms with Crippen LogP contribution in [0.15, 0.2) is 42.0 Å². The van der Waals surface area contributed by atoms with E-state index in [1.807, 2.05) is 30.3 Å². The first-order chi connectivity index (χ1) is 21.5. The van der Waals surface area contributed by atoms with Crippen LogP contribution in [0.2, 0.25) is 0 Å². The normalized spacial score (nSPS) is 15.3. The summed E-state index contributed by atoms with van der Waals surface area (Å²) in [7, 11) is 0.886. The second kappa shape index (κ2) is 13.6. The molecule has 0 bridgehead atoms. The molecule has 0 spiro atoms. The van der Waals surface area contributed by atoms with Gasteiger partial charge in [-0.05, 0) is 66.3 Å². The molecule has 2 heterocycles.